The van der Waals surface area contributed by atoms with Crippen LogP contribution in [0.25, 0.3) is 0 Å². The predicted octanol–water partition coefficient (Wildman–Crippen LogP) is 4.94. The molecule has 6 heteroatoms. The first-order chi connectivity index (χ1) is 14.4. The van der Waals surface area contributed by atoms with Gasteiger partial charge < -0.3 is 5.32 Å². The van der Waals surface area contributed by atoms with Gasteiger partial charge in [0, 0.05) is 24.3 Å². The van der Waals surface area contributed by atoms with Crippen molar-refractivity contribution in [1.82, 2.24) is 4.31 Å². The van der Waals surface area contributed by atoms with Gasteiger partial charge in [-0.05, 0) is 61.4 Å². The second-order valence-corrected chi connectivity index (χ2v) is 9.85. The van der Waals surface area contributed by atoms with Gasteiger partial charge in [-0.2, -0.15) is 4.31 Å². The van der Waals surface area contributed by atoms with Crippen LogP contribution in [0.4, 0.5) is 5.69 Å². The number of benzene rings is 2. The highest BCUT2D eigenvalue weighted by molar-refractivity contribution is 7.89. The summed E-state index contributed by atoms with van der Waals surface area (Å²) in [5.41, 5.74) is 4.16. The van der Waals surface area contributed by atoms with Gasteiger partial charge in [0.25, 0.3) is 5.91 Å². The Morgan fingerprint density at radius 3 is 2.13 bits per heavy atom. The molecule has 162 valence electrons. The van der Waals surface area contributed by atoms with E-state index in [1.165, 1.54) is 6.07 Å². The number of sulfonamides is 1. The second kappa shape index (κ2) is 9.75. The van der Waals surface area contributed by atoms with Crippen LogP contribution in [-0.2, 0) is 22.9 Å². The fourth-order valence-corrected chi connectivity index (χ4v) is 5.57. The van der Waals surface area contributed by atoms with Crippen molar-refractivity contribution in [1.29, 1.82) is 0 Å². The molecule has 2 aromatic rings. The van der Waals surface area contributed by atoms with Crippen molar-refractivity contribution in [2.45, 2.75) is 64.2 Å². The molecule has 1 saturated heterocycles. The molecule has 0 aliphatic carbocycles. The Hall–Kier alpha value is -2.18. The molecule has 1 aliphatic heterocycles. The van der Waals surface area contributed by atoms with Crippen molar-refractivity contribution < 1.29 is 13.2 Å². The first kappa shape index (κ1) is 22.5. The summed E-state index contributed by atoms with van der Waals surface area (Å²) < 4.78 is 27.9. The number of amides is 1. The third-order valence-corrected chi connectivity index (χ3v) is 7.79. The van der Waals surface area contributed by atoms with E-state index in [0.29, 0.717) is 18.7 Å². The van der Waals surface area contributed by atoms with Gasteiger partial charge in [-0.3, -0.25) is 4.79 Å². The molecule has 1 amide bonds. The highest BCUT2D eigenvalue weighted by Crippen LogP contribution is 2.26. The average Bonchev–Trinajstić information content (AvgIpc) is 3.04. The quantitative estimate of drug-likeness (QED) is 0.709. The monoisotopic (exact) mass is 428 g/mol. The molecular weight excluding hydrogens is 396 g/mol. The number of para-hydroxylation sites is 1. The van der Waals surface area contributed by atoms with Gasteiger partial charge in [-0.1, -0.05) is 51.0 Å². The van der Waals surface area contributed by atoms with Crippen LogP contribution in [0.3, 0.4) is 0 Å². The summed E-state index contributed by atoms with van der Waals surface area (Å²) in [6.07, 6.45) is 5.50. The van der Waals surface area contributed by atoms with Crippen LogP contribution in [0.5, 0.6) is 0 Å². The van der Waals surface area contributed by atoms with E-state index in [9.17, 15) is 13.2 Å². The Morgan fingerprint density at radius 2 is 1.57 bits per heavy atom. The van der Waals surface area contributed by atoms with Crippen molar-refractivity contribution >= 4 is 21.6 Å². The summed E-state index contributed by atoms with van der Waals surface area (Å²) in [5.74, 6) is -0.268. The number of carbonyl (C=O) groups excluding carboxylic acids is 1. The molecule has 0 spiro atoms. The Labute approximate surface area is 180 Å². The van der Waals surface area contributed by atoms with Gasteiger partial charge in [0.2, 0.25) is 10.0 Å². The number of carbonyl (C=O) groups is 1. The van der Waals surface area contributed by atoms with Gasteiger partial charge in [0.1, 0.15) is 0 Å². The van der Waals surface area contributed by atoms with Crippen LogP contribution in [0.2, 0.25) is 0 Å². The fourth-order valence-electron chi connectivity index (χ4n) is 4.02. The van der Waals surface area contributed by atoms with E-state index < -0.39 is 10.0 Å². The zero-order valence-electron chi connectivity index (χ0n) is 18.2. The van der Waals surface area contributed by atoms with Gasteiger partial charge in [-0.15, -0.1) is 0 Å². The fraction of sp³-hybridized carbons (Fsp3) is 0.458. The molecule has 0 unspecified atom stereocenters. The minimum Gasteiger partial charge on any atom is -0.321 e. The van der Waals surface area contributed by atoms with E-state index in [-0.39, 0.29) is 10.8 Å². The van der Waals surface area contributed by atoms with Crippen LogP contribution >= 0.6 is 0 Å². The molecule has 1 heterocycles. The number of aryl methyl sites for hydroxylation is 3. The summed E-state index contributed by atoms with van der Waals surface area (Å²) in [4.78, 5) is 13.4. The van der Waals surface area contributed by atoms with Crippen molar-refractivity contribution in [3.05, 3.63) is 58.7 Å². The van der Waals surface area contributed by atoms with Crippen LogP contribution in [0, 0.1) is 6.92 Å². The van der Waals surface area contributed by atoms with E-state index in [0.717, 1.165) is 60.9 Å². The topological polar surface area (TPSA) is 66.5 Å². The molecule has 1 fully saturated rings. The van der Waals surface area contributed by atoms with Gasteiger partial charge in [-0.25, -0.2) is 8.42 Å². The first-order valence-corrected chi connectivity index (χ1v) is 12.4. The summed E-state index contributed by atoms with van der Waals surface area (Å²) in [7, 11) is -3.60. The molecule has 5 nitrogen and oxygen atoms in total. The van der Waals surface area contributed by atoms with E-state index in [4.69, 9.17) is 0 Å². The minimum absolute atomic E-state index is 0.194. The van der Waals surface area contributed by atoms with E-state index in [1.54, 1.807) is 16.4 Å². The molecule has 30 heavy (non-hydrogen) atoms. The molecular formula is C24H32N2O3S. The molecule has 1 N–H and O–H groups in total. The molecule has 0 bridgehead atoms. The largest absolute Gasteiger partial charge is 0.321 e. The van der Waals surface area contributed by atoms with Gasteiger partial charge in [0.15, 0.2) is 0 Å². The molecule has 0 radical (unpaired) electrons. The first-order valence-electron chi connectivity index (χ1n) is 10.9. The van der Waals surface area contributed by atoms with Crippen molar-refractivity contribution in [2.24, 2.45) is 0 Å². The molecule has 0 atom stereocenters. The number of hydrogen-bond donors (Lipinski definition) is 1. The Bertz CT molecular complexity index is 985. The van der Waals surface area contributed by atoms with Crippen LogP contribution in [-0.4, -0.2) is 31.7 Å². The van der Waals surface area contributed by atoms with Crippen LogP contribution < -0.4 is 5.32 Å². The molecule has 0 aromatic heterocycles. The number of nitrogens with one attached hydrogen (secondary N) is 1. The normalized spacial score (nSPS) is 15.6. The SMILES string of the molecule is CCc1cccc(CC)c1NC(=O)c1cc(S(=O)(=O)N2CCCCCC2)ccc1C. The van der Waals surface area contributed by atoms with E-state index in [1.807, 2.05) is 25.1 Å². The van der Waals surface area contributed by atoms with Crippen molar-refractivity contribution in [3.63, 3.8) is 0 Å². The number of hydrogen-bond acceptors (Lipinski definition) is 3. The predicted molar refractivity (Wildman–Crippen MR) is 122 cm³/mol. The Balaban J connectivity index is 1.93. The standard InChI is InChI=1S/C24H32N2O3S/c1-4-19-11-10-12-20(5-2)23(19)25-24(27)22-17-21(14-13-18(22)3)30(28,29)26-15-8-6-7-9-16-26/h10-14,17H,4-9,15-16H2,1-3H3,(H,25,27). The lowest BCUT2D eigenvalue weighted by Crippen LogP contribution is -2.32. The molecule has 0 saturated carbocycles. The minimum atomic E-state index is -3.60. The third-order valence-electron chi connectivity index (χ3n) is 5.89. The third kappa shape index (κ3) is 4.76. The summed E-state index contributed by atoms with van der Waals surface area (Å²) >= 11 is 0. The number of nitrogens with zero attached hydrogens (tertiary/aromatic N) is 1. The lowest BCUT2D eigenvalue weighted by atomic mass is 10.0. The Kier molecular flexibility index (Phi) is 7.32. The van der Waals surface area contributed by atoms with Crippen LogP contribution in [0.15, 0.2) is 41.3 Å². The van der Waals surface area contributed by atoms with E-state index in [2.05, 4.69) is 19.2 Å². The maximum Gasteiger partial charge on any atom is 0.255 e. The van der Waals surface area contributed by atoms with Crippen LogP contribution in [0.1, 0.15) is 66.6 Å². The molecule has 2 aromatic carbocycles. The molecule has 1 aliphatic rings. The zero-order valence-corrected chi connectivity index (χ0v) is 19.0. The summed E-state index contributed by atoms with van der Waals surface area (Å²) in [6.45, 7) is 7.04. The van der Waals surface area contributed by atoms with Crippen molar-refractivity contribution in [2.75, 3.05) is 18.4 Å². The van der Waals surface area contributed by atoms with Gasteiger partial charge in [0.05, 0.1) is 4.90 Å². The number of rotatable bonds is 6. The zero-order chi connectivity index (χ0) is 21.7. The Morgan fingerprint density at radius 1 is 0.967 bits per heavy atom. The number of anilines is 1. The molecule has 3 rings (SSSR count). The summed E-state index contributed by atoms with van der Waals surface area (Å²) in [6, 6.07) is 10.9. The maximum absolute atomic E-state index is 13.2. The smallest absolute Gasteiger partial charge is 0.255 e. The highest BCUT2D eigenvalue weighted by Gasteiger charge is 2.26. The lowest BCUT2D eigenvalue weighted by Gasteiger charge is -2.21. The highest BCUT2D eigenvalue weighted by atomic mass is 32.2. The van der Waals surface area contributed by atoms with Crippen molar-refractivity contribution in [3.8, 4) is 0 Å². The summed E-state index contributed by atoms with van der Waals surface area (Å²) in [5, 5.41) is 3.06. The maximum atomic E-state index is 13.2. The van der Waals surface area contributed by atoms with Gasteiger partial charge >= 0.3 is 0 Å². The second-order valence-electron chi connectivity index (χ2n) is 7.91. The lowest BCUT2D eigenvalue weighted by molar-refractivity contribution is 0.102. The average molecular weight is 429 g/mol. The van der Waals surface area contributed by atoms with E-state index >= 15 is 0 Å².